The van der Waals surface area contributed by atoms with Crippen molar-refractivity contribution >= 4 is 17.2 Å². The summed E-state index contributed by atoms with van der Waals surface area (Å²) in [4.78, 5) is 22.2. The molecule has 2 aromatic rings. The quantitative estimate of drug-likeness (QED) is 0.673. The molecule has 3 heterocycles. The second kappa shape index (κ2) is 9.80. The minimum atomic E-state index is 0.0386. The van der Waals surface area contributed by atoms with Gasteiger partial charge in [-0.15, -0.1) is 11.3 Å². The van der Waals surface area contributed by atoms with E-state index in [-0.39, 0.29) is 5.91 Å². The third kappa shape index (κ3) is 5.62. The Morgan fingerprint density at radius 1 is 1.31 bits per heavy atom. The van der Waals surface area contributed by atoms with Crippen LogP contribution >= 0.6 is 11.3 Å². The number of likely N-dealkylation sites (N-methyl/N-ethyl adjacent to an activating group) is 1. The zero-order chi connectivity index (χ0) is 18.2. The molecule has 1 N–H and O–H groups in total. The zero-order valence-corrected chi connectivity index (χ0v) is 16.1. The molecule has 26 heavy (non-hydrogen) atoms. The maximum atomic E-state index is 12.0. The summed E-state index contributed by atoms with van der Waals surface area (Å²) in [6.07, 6.45) is 1.84. The average molecular weight is 378 g/mol. The van der Waals surface area contributed by atoms with Crippen LogP contribution in [0.1, 0.15) is 25.7 Å². The Morgan fingerprint density at radius 3 is 2.85 bits per heavy atom. The molecule has 1 amide bonds. The van der Waals surface area contributed by atoms with Crippen LogP contribution in [0.5, 0.6) is 0 Å². The molecule has 0 aliphatic carbocycles. The molecule has 8 heteroatoms. The summed E-state index contributed by atoms with van der Waals surface area (Å²) in [5.74, 6) is 1.15. The Labute approximate surface area is 158 Å². The number of nitrogens with one attached hydrogen (secondary N) is 1. The van der Waals surface area contributed by atoms with Gasteiger partial charge in [0.25, 0.3) is 0 Å². The first-order valence-electron chi connectivity index (χ1n) is 9.32. The number of amides is 1. The van der Waals surface area contributed by atoms with Crippen LogP contribution in [0.15, 0.2) is 22.0 Å². The number of aromatic nitrogens is 2. The van der Waals surface area contributed by atoms with Gasteiger partial charge in [0.15, 0.2) is 0 Å². The third-order valence-electron chi connectivity index (χ3n) is 4.66. The van der Waals surface area contributed by atoms with E-state index in [2.05, 4.69) is 32.2 Å². The number of carbonyl (C=O) groups is 1. The van der Waals surface area contributed by atoms with Crippen molar-refractivity contribution in [1.29, 1.82) is 0 Å². The second-order valence-corrected chi connectivity index (χ2v) is 7.42. The van der Waals surface area contributed by atoms with Crippen molar-refractivity contribution in [2.24, 2.45) is 0 Å². The Balaban J connectivity index is 1.28. The molecule has 0 unspecified atom stereocenters. The van der Waals surface area contributed by atoms with Gasteiger partial charge in [-0.1, -0.05) is 18.1 Å². The molecule has 7 nitrogen and oxygen atoms in total. The molecule has 0 atom stereocenters. The van der Waals surface area contributed by atoms with Crippen LogP contribution in [-0.4, -0.2) is 71.7 Å². The SMILES string of the molecule is CCN1CCN(CCCNC(=O)CCc2nc(-c3cccs3)no2)CC1. The van der Waals surface area contributed by atoms with E-state index >= 15 is 0 Å². The lowest BCUT2D eigenvalue weighted by atomic mass is 10.2. The summed E-state index contributed by atoms with van der Waals surface area (Å²) in [7, 11) is 0. The van der Waals surface area contributed by atoms with Crippen molar-refractivity contribution < 1.29 is 9.32 Å². The summed E-state index contributed by atoms with van der Waals surface area (Å²) in [5, 5.41) is 8.92. The monoisotopic (exact) mass is 377 g/mol. The third-order valence-corrected chi connectivity index (χ3v) is 5.53. The molecule has 1 aliphatic rings. The summed E-state index contributed by atoms with van der Waals surface area (Å²) >= 11 is 1.57. The number of thiophene rings is 1. The van der Waals surface area contributed by atoms with Crippen molar-refractivity contribution in [3.63, 3.8) is 0 Å². The van der Waals surface area contributed by atoms with E-state index in [1.807, 2.05) is 17.5 Å². The molecule has 1 saturated heterocycles. The number of aryl methyl sites for hydroxylation is 1. The highest BCUT2D eigenvalue weighted by molar-refractivity contribution is 7.13. The van der Waals surface area contributed by atoms with Crippen molar-refractivity contribution in [1.82, 2.24) is 25.3 Å². The summed E-state index contributed by atoms with van der Waals surface area (Å²) in [6.45, 7) is 9.68. The van der Waals surface area contributed by atoms with Crippen molar-refractivity contribution in [3.8, 4) is 10.7 Å². The zero-order valence-electron chi connectivity index (χ0n) is 15.3. The number of hydrogen-bond acceptors (Lipinski definition) is 7. The van der Waals surface area contributed by atoms with Gasteiger partial charge in [-0.2, -0.15) is 4.98 Å². The first-order valence-corrected chi connectivity index (χ1v) is 10.2. The Hall–Kier alpha value is -1.77. The molecule has 1 aliphatic heterocycles. The molecule has 142 valence electrons. The molecular weight excluding hydrogens is 350 g/mol. The summed E-state index contributed by atoms with van der Waals surface area (Å²) in [5.41, 5.74) is 0. The van der Waals surface area contributed by atoms with E-state index in [9.17, 15) is 4.79 Å². The average Bonchev–Trinajstić information content (AvgIpc) is 3.35. The fraction of sp³-hybridized carbons (Fsp3) is 0.611. The van der Waals surface area contributed by atoms with Crippen molar-refractivity contribution in [2.45, 2.75) is 26.2 Å². The lowest BCUT2D eigenvalue weighted by Crippen LogP contribution is -2.46. The second-order valence-electron chi connectivity index (χ2n) is 6.47. The van der Waals surface area contributed by atoms with Crippen molar-refractivity contribution in [3.05, 3.63) is 23.4 Å². The maximum absolute atomic E-state index is 12.0. The lowest BCUT2D eigenvalue weighted by Gasteiger charge is -2.33. The molecule has 0 bridgehead atoms. The molecule has 3 rings (SSSR count). The van der Waals surface area contributed by atoms with Gasteiger partial charge in [-0.3, -0.25) is 4.79 Å². The molecule has 0 saturated carbocycles. The Bertz CT molecular complexity index is 665. The topological polar surface area (TPSA) is 74.5 Å². The van der Waals surface area contributed by atoms with Gasteiger partial charge in [-0.25, -0.2) is 0 Å². The standard InChI is InChI=1S/C18H27N5O2S/c1-2-22-10-12-23(13-11-22)9-4-8-19-16(24)6-7-17-20-18(21-25-17)15-5-3-14-26-15/h3,5,14H,2,4,6-13H2,1H3,(H,19,24). The summed E-state index contributed by atoms with van der Waals surface area (Å²) in [6, 6.07) is 3.90. The fourth-order valence-electron chi connectivity index (χ4n) is 3.03. The normalized spacial score (nSPS) is 16.0. The first kappa shape index (κ1) is 19.0. The number of nitrogens with zero attached hydrogens (tertiary/aromatic N) is 4. The van der Waals surface area contributed by atoms with Crippen LogP contribution in [0.2, 0.25) is 0 Å². The van der Waals surface area contributed by atoms with Crippen LogP contribution in [0.4, 0.5) is 0 Å². The number of rotatable bonds is 9. The van der Waals surface area contributed by atoms with E-state index in [1.165, 1.54) is 0 Å². The lowest BCUT2D eigenvalue weighted by molar-refractivity contribution is -0.121. The number of piperazine rings is 1. The predicted octanol–water partition coefficient (Wildman–Crippen LogP) is 1.87. The van der Waals surface area contributed by atoms with Crippen LogP contribution in [0, 0.1) is 0 Å². The summed E-state index contributed by atoms with van der Waals surface area (Å²) < 4.78 is 5.22. The van der Waals surface area contributed by atoms with Crippen LogP contribution in [-0.2, 0) is 11.2 Å². The largest absolute Gasteiger partial charge is 0.356 e. The number of hydrogen-bond donors (Lipinski definition) is 1. The maximum Gasteiger partial charge on any atom is 0.227 e. The smallest absolute Gasteiger partial charge is 0.227 e. The van der Waals surface area contributed by atoms with E-state index in [0.717, 1.165) is 57.1 Å². The molecular formula is C18H27N5O2S. The Morgan fingerprint density at radius 2 is 2.12 bits per heavy atom. The molecule has 1 fully saturated rings. The van der Waals surface area contributed by atoms with Gasteiger partial charge in [0.1, 0.15) is 0 Å². The molecule has 2 aromatic heterocycles. The van der Waals surface area contributed by atoms with Gasteiger partial charge in [0, 0.05) is 45.6 Å². The van der Waals surface area contributed by atoms with Crippen LogP contribution < -0.4 is 5.32 Å². The minimum absolute atomic E-state index is 0.0386. The van der Waals surface area contributed by atoms with Gasteiger partial charge in [0.2, 0.25) is 17.6 Å². The highest BCUT2D eigenvalue weighted by Crippen LogP contribution is 2.21. The van der Waals surface area contributed by atoms with Crippen LogP contribution in [0.25, 0.3) is 10.7 Å². The van der Waals surface area contributed by atoms with E-state index in [4.69, 9.17) is 4.52 Å². The Kier molecular flexibility index (Phi) is 7.16. The van der Waals surface area contributed by atoms with E-state index in [1.54, 1.807) is 11.3 Å². The highest BCUT2D eigenvalue weighted by atomic mass is 32.1. The number of carbonyl (C=O) groups excluding carboxylic acids is 1. The molecule has 0 spiro atoms. The van der Waals surface area contributed by atoms with Crippen molar-refractivity contribution in [2.75, 3.05) is 45.8 Å². The molecule has 0 radical (unpaired) electrons. The minimum Gasteiger partial charge on any atom is -0.356 e. The first-order chi connectivity index (χ1) is 12.7. The van der Waals surface area contributed by atoms with Gasteiger partial charge < -0.3 is 19.6 Å². The van der Waals surface area contributed by atoms with Gasteiger partial charge in [-0.05, 0) is 31.0 Å². The highest BCUT2D eigenvalue weighted by Gasteiger charge is 2.15. The van der Waals surface area contributed by atoms with E-state index in [0.29, 0.717) is 24.6 Å². The van der Waals surface area contributed by atoms with Crippen LogP contribution in [0.3, 0.4) is 0 Å². The van der Waals surface area contributed by atoms with E-state index < -0.39 is 0 Å². The predicted molar refractivity (Wildman–Crippen MR) is 102 cm³/mol. The van der Waals surface area contributed by atoms with Gasteiger partial charge in [0.05, 0.1) is 4.88 Å². The van der Waals surface area contributed by atoms with Gasteiger partial charge >= 0.3 is 0 Å². The fourth-order valence-corrected chi connectivity index (χ4v) is 3.68. The molecule has 0 aromatic carbocycles.